The van der Waals surface area contributed by atoms with E-state index >= 15 is 0 Å². The van der Waals surface area contributed by atoms with Gasteiger partial charge in [0.05, 0.1) is 12.2 Å². The maximum Gasteiger partial charge on any atom is 0.254 e. The van der Waals surface area contributed by atoms with E-state index in [2.05, 4.69) is 5.32 Å². The highest BCUT2D eigenvalue weighted by Gasteiger charge is 2.14. The Bertz CT molecular complexity index is 641. The largest absolute Gasteiger partial charge is 0.490 e. The molecule has 0 aliphatic heterocycles. The van der Waals surface area contributed by atoms with Gasteiger partial charge in [-0.1, -0.05) is 12.1 Å². The quantitative estimate of drug-likeness (QED) is 0.829. The van der Waals surface area contributed by atoms with Crippen molar-refractivity contribution >= 4 is 11.6 Å². The monoisotopic (exact) mass is 286 g/mol. The minimum Gasteiger partial charge on any atom is -0.490 e. The number of ether oxygens (including phenoxy) is 2. The van der Waals surface area contributed by atoms with E-state index in [1.807, 2.05) is 25.1 Å². The molecular weight excluding hydrogens is 268 g/mol. The van der Waals surface area contributed by atoms with Gasteiger partial charge in [-0.3, -0.25) is 4.79 Å². The molecule has 1 amide bonds. The maximum absolute atomic E-state index is 11.9. The molecule has 0 aliphatic rings. The highest BCUT2D eigenvalue weighted by Crippen LogP contribution is 2.33. The van der Waals surface area contributed by atoms with Crippen molar-refractivity contribution in [1.82, 2.24) is 5.32 Å². The van der Waals surface area contributed by atoms with Gasteiger partial charge in [0.15, 0.2) is 11.5 Å². The van der Waals surface area contributed by atoms with Crippen LogP contribution in [0, 0.1) is 0 Å². The summed E-state index contributed by atoms with van der Waals surface area (Å²) in [6.07, 6.45) is 0. The molecule has 21 heavy (non-hydrogen) atoms. The van der Waals surface area contributed by atoms with E-state index in [4.69, 9.17) is 15.2 Å². The fourth-order valence-electron chi connectivity index (χ4n) is 1.87. The van der Waals surface area contributed by atoms with Crippen LogP contribution in [0.25, 0.3) is 0 Å². The molecule has 0 aliphatic carbocycles. The molecule has 3 N–H and O–H groups in total. The number of para-hydroxylation sites is 2. The minimum absolute atomic E-state index is 0.237. The van der Waals surface area contributed by atoms with Crippen molar-refractivity contribution in [2.75, 3.05) is 19.4 Å². The van der Waals surface area contributed by atoms with Crippen LogP contribution < -0.4 is 20.5 Å². The average molecular weight is 286 g/mol. The third kappa shape index (κ3) is 3.45. The number of carbonyl (C=O) groups is 1. The van der Waals surface area contributed by atoms with Crippen molar-refractivity contribution < 1.29 is 14.3 Å². The third-order valence-corrected chi connectivity index (χ3v) is 2.85. The van der Waals surface area contributed by atoms with Gasteiger partial charge in [-0.15, -0.1) is 0 Å². The zero-order valence-electron chi connectivity index (χ0n) is 12.1. The first-order valence-corrected chi connectivity index (χ1v) is 6.67. The summed E-state index contributed by atoms with van der Waals surface area (Å²) in [6.45, 7) is 2.42. The van der Waals surface area contributed by atoms with Crippen LogP contribution in [0.2, 0.25) is 0 Å². The summed E-state index contributed by atoms with van der Waals surface area (Å²) < 4.78 is 11.3. The standard InChI is InChI=1S/C16H18N2O3/c1-3-20-13-6-4-5-7-14(13)21-15-10-11(17)8-9-12(15)16(19)18-2/h4-10H,3,17H2,1-2H3,(H,18,19). The second-order valence-corrected chi connectivity index (χ2v) is 4.32. The normalized spacial score (nSPS) is 10.0. The fourth-order valence-corrected chi connectivity index (χ4v) is 1.87. The molecule has 0 aromatic heterocycles. The molecule has 0 bridgehead atoms. The van der Waals surface area contributed by atoms with E-state index in [0.717, 1.165) is 0 Å². The summed E-state index contributed by atoms with van der Waals surface area (Å²) in [5.41, 5.74) is 6.71. The lowest BCUT2D eigenvalue weighted by molar-refractivity contribution is 0.0960. The van der Waals surface area contributed by atoms with Crippen LogP contribution in [-0.2, 0) is 0 Å². The number of rotatable bonds is 5. The molecule has 0 unspecified atom stereocenters. The van der Waals surface area contributed by atoms with Crippen molar-refractivity contribution in [3.63, 3.8) is 0 Å². The van der Waals surface area contributed by atoms with Crippen LogP contribution in [-0.4, -0.2) is 19.6 Å². The Morgan fingerprint density at radius 1 is 1.14 bits per heavy atom. The summed E-state index contributed by atoms with van der Waals surface area (Å²) in [5, 5.41) is 2.58. The van der Waals surface area contributed by atoms with Crippen molar-refractivity contribution in [3.8, 4) is 17.2 Å². The molecule has 0 atom stereocenters. The van der Waals surface area contributed by atoms with E-state index < -0.39 is 0 Å². The molecule has 0 radical (unpaired) electrons. The first kappa shape index (κ1) is 14.7. The molecule has 110 valence electrons. The SMILES string of the molecule is CCOc1ccccc1Oc1cc(N)ccc1C(=O)NC. The predicted molar refractivity (Wildman–Crippen MR) is 81.9 cm³/mol. The summed E-state index contributed by atoms with van der Waals surface area (Å²) in [6, 6.07) is 12.2. The van der Waals surface area contributed by atoms with Crippen LogP contribution in [0.5, 0.6) is 17.2 Å². The second kappa shape index (κ2) is 6.65. The van der Waals surface area contributed by atoms with Gasteiger partial charge in [0.1, 0.15) is 5.75 Å². The summed E-state index contributed by atoms with van der Waals surface area (Å²) in [7, 11) is 1.57. The van der Waals surface area contributed by atoms with E-state index in [-0.39, 0.29) is 5.91 Å². The van der Waals surface area contributed by atoms with Gasteiger partial charge in [0.25, 0.3) is 5.91 Å². The first-order valence-electron chi connectivity index (χ1n) is 6.67. The summed E-state index contributed by atoms with van der Waals surface area (Å²) in [5.74, 6) is 1.31. The Labute approximate surface area is 123 Å². The molecule has 2 aromatic rings. The van der Waals surface area contributed by atoms with Crippen LogP contribution in [0.4, 0.5) is 5.69 Å². The van der Waals surface area contributed by atoms with Crippen molar-refractivity contribution in [2.24, 2.45) is 0 Å². The zero-order chi connectivity index (χ0) is 15.2. The van der Waals surface area contributed by atoms with Crippen molar-refractivity contribution in [2.45, 2.75) is 6.92 Å². The first-order chi connectivity index (χ1) is 10.2. The van der Waals surface area contributed by atoms with Gasteiger partial charge in [-0.2, -0.15) is 0 Å². The molecule has 0 heterocycles. The predicted octanol–water partition coefficient (Wildman–Crippen LogP) is 2.82. The molecule has 5 nitrogen and oxygen atoms in total. The van der Waals surface area contributed by atoms with E-state index in [1.165, 1.54) is 0 Å². The van der Waals surface area contributed by atoms with Gasteiger partial charge in [-0.05, 0) is 31.2 Å². The van der Waals surface area contributed by atoms with Gasteiger partial charge >= 0.3 is 0 Å². The third-order valence-electron chi connectivity index (χ3n) is 2.85. The van der Waals surface area contributed by atoms with Crippen LogP contribution in [0.3, 0.4) is 0 Å². The fraction of sp³-hybridized carbons (Fsp3) is 0.188. The highest BCUT2D eigenvalue weighted by atomic mass is 16.5. The number of benzene rings is 2. The highest BCUT2D eigenvalue weighted by molar-refractivity contribution is 5.97. The molecule has 5 heteroatoms. The smallest absolute Gasteiger partial charge is 0.254 e. The molecule has 0 saturated carbocycles. The van der Waals surface area contributed by atoms with E-state index in [9.17, 15) is 4.79 Å². The number of amides is 1. The topological polar surface area (TPSA) is 73.6 Å². The number of carbonyl (C=O) groups excluding carboxylic acids is 1. The Kier molecular flexibility index (Phi) is 4.66. The number of hydrogen-bond donors (Lipinski definition) is 2. The van der Waals surface area contributed by atoms with Crippen molar-refractivity contribution in [1.29, 1.82) is 0 Å². The second-order valence-electron chi connectivity index (χ2n) is 4.32. The number of nitrogens with one attached hydrogen (secondary N) is 1. The molecule has 0 saturated heterocycles. The lowest BCUT2D eigenvalue weighted by Crippen LogP contribution is -2.18. The van der Waals surface area contributed by atoms with Crippen LogP contribution in [0.1, 0.15) is 17.3 Å². The minimum atomic E-state index is -0.237. The molecule has 2 rings (SSSR count). The van der Waals surface area contributed by atoms with Gasteiger partial charge < -0.3 is 20.5 Å². The van der Waals surface area contributed by atoms with Gasteiger partial charge in [-0.25, -0.2) is 0 Å². The summed E-state index contributed by atoms with van der Waals surface area (Å²) >= 11 is 0. The lowest BCUT2D eigenvalue weighted by Gasteiger charge is -2.14. The number of hydrogen-bond acceptors (Lipinski definition) is 4. The molecule has 0 fully saturated rings. The van der Waals surface area contributed by atoms with Crippen LogP contribution >= 0.6 is 0 Å². The Morgan fingerprint density at radius 2 is 1.86 bits per heavy atom. The number of nitrogen functional groups attached to an aromatic ring is 1. The van der Waals surface area contributed by atoms with Crippen LogP contribution in [0.15, 0.2) is 42.5 Å². The number of anilines is 1. The Balaban J connectivity index is 2.39. The van der Waals surface area contributed by atoms with Crippen molar-refractivity contribution in [3.05, 3.63) is 48.0 Å². The van der Waals surface area contributed by atoms with E-state index in [0.29, 0.717) is 35.1 Å². The lowest BCUT2D eigenvalue weighted by atomic mass is 10.1. The molecule has 2 aromatic carbocycles. The van der Waals surface area contributed by atoms with Gasteiger partial charge in [0, 0.05) is 18.8 Å². The summed E-state index contributed by atoms with van der Waals surface area (Å²) in [4.78, 5) is 11.9. The Morgan fingerprint density at radius 3 is 2.52 bits per heavy atom. The van der Waals surface area contributed by atoms with E-state index in [1.54, 1.807) is 31.3 Å². The number of nitrogens with two attached hydrogens (primary N) is 1. The maximum atomic E-state index is 11.9. The molecular formula is C16H18N2O3. The molecule has 0 spiro atoms. The average Bonchev–Trinajstić information content (AvgIpc) is 2.49. The zero-order valence-corrected chi connectivity index (χ0v) is 12.1. The Hall–Kier alpha value is -2.69. The van der Waals surface area contributed by atoms with Gasteiger partial charge in [0.2, 0.25) is 0 Å².